The van der Waals surface area contributed by atoms with E-state index in [1.165, 1.54) is 5.56 Å². The van der Waals surface area contributed by atoms with E-state index in [-0.39, 0.29) is 17.4 Å². The molecule has 2 aliphatic rings. The average molecular weight is 555 g/mol. The van der Waals surface area contributed by atoms with E-state index in [1.807, 2.05) is 25.9 Å². The van der Waals surface area contributed by atoms with Crippen LogP contribution in [0.4, 0.5) is 5.69 Å². The number of benzene rings is 2. The molecule has 1 saturated heterocycles. The van der Waals surface area contributed by atoms with Crippen molar-refractivity contribution in [1.29, 1.82) is 0 Å². The second-order valence-electron chi connectivity index (χ2n) is 12.9. The number of aryl methyl sites for hydroxylation is 2. The summed E-state index contributed by atoms with van der Waals surface area (Å²) in [5, 5.41) is 4.18. The summed E-state index contributed by atoms with van der Waals surface area (Å²) in [4.78, 5) is 21.0. The second-order valence-corrected chi connectivity index (χ2v) is 12.9. The van der Waals surface area contributed by atoms with Gasteiger partial charge in [-0.1, -0.05) is 44.1 Å². The van der Waals surface area contributed by atoms with Gasteiger partial charge in [-0.15, -0.1) is 0 Å². The van der Waals surface area contributed by atoms with Crippen molar-refractivity contribution in [2.24, 2.45) is 0 Å². The summed E-state index contributed by atoms with van der Waals surface area (Å²) < 4.78 is 13.6. The summed E-state index contributed by atoms with van der Waals surface area (Å²) in [7, 11) is 1.82. The number of nitrogens with zero attached hydrogens (tertiary/aromatic N) is 4. The summed E-state index contributed by atoms with van der Waals surface area (Å²) >= 11 is 0. The summed E-state index contributed by atoms with van der Waals surface area (Å²) in [6.07, 6.45) is 6.74. The largest absolute Gasteiger partial charge is 0.381 e. The van der Waals surface area contributed by atoms with Gasteiger partial charge >= 0.3 is 0 Å². The fraction of sp³-hybridized carbons (Fsp3) is 0.500. The number of hydrogen-bond donors (Lipinski definition) is 0. The highest BCUT2D eigenvalue weighted by Gasteiger charge is 2.36. The first-order valence-corrected chi connectivity index (χ1v) is 15.1. The van der Waals surface area contributed by atoms with Crippen LogP contribution in [0.25, 0.3) is 22.2 Å². The number of ether oxygens (including phenoxy) is 1. The maximum absolute atomic E-state index is 13.7. The van der Waals surface area contributed by atoms with Crippen LogP contribution in [0.5, 0.6) is 0 Å². The van der Waals surface area contributed by atoms with Crippen LogP contribution < -0.4 is 4.90 Å². The highest BCUT2D eigenvalue weighted by molar-refractivity contribution is 5.95. The molecule has 7 heteroatoms. The van der Waals surface area contributed by atoms with Gasteiger partial charge in [0.25, 0.3) is 0 Å². The molecule has 1 atom stereocenters. The number of fused-ring (bicyclic) bond motifs is 1. The lowest BCUT2D eigenvalue weighted by atomic mass is 9.86. The van der Waals surface area contributed by atoms with Crippen LogP contribution in [0.15, 0.2) is 47.0 Å². The Kier molecular flexibility index (Phi) is 7.26. The molecule has 4 aromatic rings. The maximum atomic E-state index is 13.7. The van der Waals surface area contributed by atoms with E-state index in [0.717, 1.165) is 83.7 Å². The van der Waals surface area contributed by atoms with E-state index in [9.17, 15) is 4.79 Å². The Balaban J connectivity index is 1.50. The van der Waals surface area contributed by atoms with E-state index in [2.05, 4.69) is 73.0 Å². The van der Waals surface area contributed by atoms with Crippen molar-refractivity contribution >= 4 is 22.6 Å². The quantitative estimate of drug-likeness (QED) is 0.250. The number of piperidine rings is 1. The van der Waals surface area contributed by atoms with Crippen LogP contribution in [0.2, 0.25) is 0 Å². The van der Waals surface area contributed by atoms with Gasteiger partial charge in [-0.05, 0) is 93.2 Å². The number of anilines is 1. The van der Waals surface area contributed by atoms with Crippen molar-refractivity contribution in [3.63, 3.8) is 0 Å². The van der Waals surface area contributed by atoms with Crippen molar-refractivity contribution in [1.82, 2.24) is 14.7 Å². The van der Waals surface area contributed by atoms with Gasteiger partial charge < -0.3 is 18.7 Å². The summed E-state index contributed by atoms with van der Waals surface area (Å²) in [6.45, 7) is 10.6. The molecule has 41 heavy (non-hydrogen) atoms. The Labute approximate surface area is 242 Å². The number of rotatable bonds is 5. The molecule has 1 saturated carbocycles. The zero-order chi connectivity index (χ0) is 28.9. The number of carbonyl (C=O) groups excluding carboxylic acids is 1. The van der Waals surface area contributed by atoms with Crippen LogP contribution in [0.3, 0.4) is 0 Å². The predicted octanol–water partition coefficient (Wildman–Crippen LogP) is 7.99. The molecule has 0 spiro atoms. The highest BCUT2D eigenvalue weighted by atomic mass is 16.5. The standard InChI is InChI=1S/C34H42N4O3/c1-21-32(22(2)41-36-21)23-13-18-29-28(19-23)35-33(38(29)25-14-16-27(40-6)17-15-25)30-11-8-12-31(39)37(30)26-10-7-9-24(20-26)34(3,4)5/h7,9-10,13,18-20,25,27,30H,8,11-12,14-17H2,1-6H3/t25?,27?,30-/m0/s1. The van der Waals surface area contributed by atoms with Crippen molar-refractivity contribution in [2.75, 3.05) is 12.0 Å². The van der Waals surface area contributed by atoms with Gasteiger partial charge in [0, 0.05) is 30.8 Å². The van der Waals surface area contributed by atoms with E-state index >= 15 is 0 Å². The van der Waals surface area contributed by atoms with Gasteiger partial charge in [0.15, 0.2) is 0 Å². The minimum atomic E-state index is -0.124. The molecule has 2 fully saturated rings. The molecule has 1 aliphatic heterocycles. The van der Waals surface area contributed by atoms with Gasteiger partial charge in [0.05, 0.1) is 28.9 Å². The molecule has 2 aromatic heterocycles. The Morgan fingerprint density at radius 3 is 2.46 bits per heavy atom. The molecule has 0 bridgehead atoms. The molecule has 0 unspecified atom stereocenters. The lowest BCUT2D eigenvalue weighted by Gasteiger charge is -2.38. The van der Waals surface area contributed by atoms with Crippen molar-refractivity contribution in [3.8, 4) is 11.1 Å². The van der Waals surface area contributed by atoms with Crippen molar-refractivity contribution in [3.05, 3.63) is 65.3 Å². The lowest BCUT2D eigenvalue weighted by Crippen LogP contribution is -2.40. The Bertz CT molecular complexity index is 1550. The van der Waals surface area contributed by atoms with Gasteiger partial charge in [-0.3, -0.25) is 4.79 Å². The number of amides is 1. The van der Waals surface area contributed by atoms with Crippen LogP contribution >= 0.6 is 0 Å². The maximum Gasteiger partial charge on any atom is 0.227 e. The van der Waals surface area contributed by atoms with Crippen LogP contribution in [-0.2, 0) is 14.9 Å². The van der Waals surface area contributed by atoms with Crippen molar-refractivity contribution < 1.29 is 14.1 Å². The topological polar surface area (TPSA) is 73.4 Å². The first-order valence-electron chi connectivity index (χ1n) is 15.1. The van der Waals surface area contributed by atoms with E-state index in [0.29, 0.717) is 18.6 Å². The van der Waals surface area contributed by atoms with E-state index < -0.39 is 0 Å². The van der Waals surface area contributed by atoms with Crippen LogP contribution in [0.1, 0.15) is 101 Å². The SMILES string of the molecule is COC1CCC(n2c([C@@H]3CCCC(=O)N3c3cccc(C(C)(C)C)c3)nc3cc(-c4c(C)noc4C)ccc32)CC1. The van der Waals surface area contributed by atoms with Crippen LogP contribution in [-0.4, -0.2) is 33.8 Å². The third kappa shape index (κ3) is 5.09. The Morgan fingerprint density at radius 2 is 1.78 bits per heavy atom. The molecule has 3 heterocycles. The first-order chi connectivity index (χ1) is 19.7. The third-order valence-corrected chi connectivity index (χ3v) is 9.12. The predicted molar refractivity (Wildman–Crippen MR) is 162 cm³/mol. The van der Waals surface area contributed by atoms with Gasteiger partial charge in [-0.2, -0.15) is 0 Å². The van der Waals surface area contributed by atoms with E-state index in [4.69, 9.17) is 14.2 Å². The van der Waals surface area contributed by atoms with Gasteiger partial charge in [0.1, 0.15) is 11.6 Å². The lowest BCUT2D eigenvalue weighted by molar-refractivity contribution is -0.120. The summed E-state index contributed by atoms with van der Waals surface area (Å²) in [5.41, 5.74) is 7.21. The zero-order valence-corrected chi connectivity index (χ0v) is 25.2. The highest BCUT2D eigenvalue weighted by Crippen LogP contribution is 2.42. The number of carbonyl (C=O) groups is 1. The minimum absolute atomic E-state index is 0.00786. The minimum Gasteiger partial charge on any atom is -0.381 e. The Morgan fingerprint density at radius 1 is 1.00 bits per heavy atom. The molecule has 2 aromatic carbocycles. The monoisotopic (exact) mass is 554 g/mol. The summed E-state index contributed by atoms with van der Waals surface area (Å²) in [6, 6.07) is 15.2. The molecule has 0 N–H and O–H groups in total. The molecule has 1 amide bonds. The molecule has 1 aliphatic carbocycles. The van der Waals surface area contributed by atoms with Crippen LogP contribution in [0, 0.1) is 13.8 Å². The van der Waals surface area contributed by atoms with Gasteiger partial charge in [0.2, 0.25) is 5.91 Å². The van der Waals surface area contributed by atoms with Crippen molar-refractivity contribution in [2.45, 2.75) is 103 Å². The zero-order valence-electron chi connectivity index (χ0n) is 25.2. The molecule has 0 radical (unpaired) electrons. The molecular weight excluding hydrogens is 512 g/mol. The fourth-order valence-electron chi connectivity index (χ4n) is 6.89. The van der Waals surface area contributed by atoms with Gasteiger partial charge in [-0.25, -0.2) is 4.98 Å². The summed E-state index contributed by atoms with van der Waals surface area (Å²) in [5.74, 6) is 1.97. The molecular formula is C34H42N4O3. The number of aromatic nitrogens is 3. The first kappa shape index (κ1) is 27.7. The normalized spacial score (nSPS) is 22.0. The molecule has 216 valence electrons. The van der Waals surface area contributed by atoms with E-state index in [1.54, 1.807) is 0 Å². The number of hydrogen-bond acceptors (Lipinski definition) is 5. The average Bonchev–Trinajstić information content (AvgIpc) is 3.51. The number of methoxy groups -OCH3 is 1. The Hall–Kier alpha value is -3.45. The third-order valence-electron chi connectivity index (χ3n) is 9.12. The second kappa shape index (κ2) is 10.8. The molecule has 6 rings (SSSR count). The fourth-order valence-corrected chi connectivity index (χ4v) is 6.89. The smallest absolute Gasteiger partial charge is 0.227 e. The molecule has 7 nitrogen and oxygen atoms in total. The number of imidazole rings is 1.